The van der Waals surface area contributed by atoms with Crippen molar-refractivity contribution in [3.8, 4) is 0 Å². The van der Waals surface area contributed by atoms with Crippen molar-refractivity contribution in [1.29, 1.82) is 0 Å². The lowest BCUT2D eigenvalue weighted by Crippen LogP contribution is -2.48. The summed E-state index contributed by atoms with van der Waals surface area (Å²) in [6, 6.07) is 0. The Bertz CT molecular complexity index is 742. The lowest BCUT2D eigenvalue weighted by Gasteiger charge is -2.08. The summed E-state index contributed by atoms with van der Waals surface area (Å²) in [5.41, 5.74) is -1.86. The van der Waals surface area contributed by atoms with E-state index in [1.54, 1.807) is 19.9 Å². The van der Waals surface area contributed by atoms with Gasteiger partial charge in [0.25, 0.3) is 0 Å². The first-order chi connectivity index (χ1) is 8.93. The molecule has 19 heavy (non-hydrogen) atoms. The molecule has 0 amide bonds. The molecule has 0 saturated heterocycles. The van der Waals surface area contributed by atoms with Gasteiger partial charge in [0, 0.05) is 11.4 Å². The van der Waals surface area contributed by atoms with Crippen LogP contribution in [0.4, 0.5) is 0 Å². The van der Waals surface area contributed by atoms with Gasteiger partial charge in [-0.2, -0.15) is 0 Å². The van der Waals surface area contributed by atoms with Crippen LogP contribution in [0.3, 0.4) is 0 Å². The maximum atomic E-state index is 12.2. The third kappa shape index (κ3) is 2.79. The zero-order chi connectivity index (χ0) is 14.6. The van der Waals surface area contributed by atoms with Crippen LogP contribution in [-0.4, -0.2) is 14.1 Å². The Hall–Kier alpha value is -2.63. The van der Waals surface area contributed by atoms with Gasteiger partial charge in [0.05, 0.1) is 0 Å². The summed E-state index contributed by atoms with van der Waals surface area (Å²) in [6.45, 7) is 10.4. The molecular formula is C13H15N3O3. The fourth-order valence-electron chi connectivity index (χ4n) is 1.55. The lowest BCUT2D eigenvalue weighted by molar-refractivity contribution is 0.733. The van der Waals surface area contributed by atoms with Gasteiger partial charge in [-0.25, -0.2) is 23.5 Å². The molecule has 6 nitrogen and oxygen atoms in total. The monoisotopic (exact) mass is 261 g/mol. The number of hydrogen-bond acceptors (Lipinski definition) is 3. The predicted molar refractivity (Wildman–Crippen MR) is 75.9 cm³/mol. The third-order valence-electron chi connectivity index (χ3n) is 2.36. The molecule has 0 fully saturated rings. The Balaban J connectivity index is 3.76. The molecule has 0 spiro atoms. The van der Waals surface area contributed by atoms with E-state index >= 15 is 0 Å². The van der Waals surface area contributed by atoms with E-state index in [-0.39, 0.29) is 5.70 Å². The van der Waals surface area contributed by atoms with Crippen LogP contribution in [0, 0.1) is 0 Å². The van der Waals surface area contributed by atoms with E-state index in [0.29, 0.717) is 5.70 Å². The molecule has 0 bridgehead atoms. The predicted octanol–water partition coefficient (Wildman–Crippen LogP) is 0.792. The van der Waals surface area contributed by atoms with E-state index in [4.69, 9.17) is 0 Å². The average molecular weight is 261 g/mol. The molecule has 1 heterocycles. The van der Waals surface area contributed by atoms with Crippen molar-refractivity contribution in [2.45, 2.75) is 13.8 Å². The van der Waals surface area contributed by atoms with Crippen molar-refractivity contribution in [2.75, 3.05) is 0 Å². The van der Waals surface area contributed by atoms with E-state index in [9.17, 15) is 14.4 Å². The first kappa shape index (κ1) is 14.4. The van der Waals surface area contributed by atoms with E-state index in [1.165, 1.54) is 18.2 Å². The molecule has 0 aliphatic heterocycles. The van der Waals surface area contributed by atoms with Crippen molar-refractivity contribution in [1.82, 2.24) is 14.1 Å². The van der Waals surface area contributed by atoms with Gasteiger partial charge in [-0.3, -0.25) is 4.98 Å². The number of aromatic amines is 1. The Morgan fingerprint density at radius 1 is 1.21 bits per heavy atom. The summed E-state index contributed by atoms with van der Waals surface area (Å²) in [6.07, 6.45) is 6.06. The molecule has 100 valence electrons. The summed E-state index contributed by atoms with van der Waals surface area (Å²) >= 11 is 0. The summed E-state index contributed by atoms with van der Waals surface area (Å²) in [7, 11) is 0. The van der Waals surface area contributed by atoms with E-state index in [1.807, 2.05) is 0 Å². The molecule has 1 aromatic rings. The molecule has 1 rings (SSSR count). The van der Waals surface area contributed by atoms with Crippen LogP contribution in [-0.2, 0) is 0 Å². The van der Waals surface area contributed by atoms with Crippen molar-refractivity contribution >= 4 is 11.4 Å². The fraction of sp³-hybridized carbons (Fsp3) is 0.154. The molecule has 0 aliphatic rings. The van der Waals surface area contributed by atoms with Gasteiger partial charge in [0.15, 0.2) is 0 Å². The second kappa shape index (κ2) is 5.81. The molecule has 0 aromatic carbocycles. The number of H-pyrrole nitrogens is 1. The number of nitrogens with zero attached hydrogens (tertiary/aromatic N) is 2. The molecule has 0 saturated carbocycles. The highest BCUT2D eigenvalue weighted by Gasteiger charge is 2.11. The molecule has 1 aromatic heterocycles. The summed E-state index contributed by atoms with van der Waals surface area (Å²) in [4.78, 5) is 37.6. The number of nitrogens with one attached hydrogen (secondary N) is 1. The van der Waals surface area contributed by atoms with Gasteiger partial charge in [0.2, 0.25) is 0 Å². The zero-order valence-corrected chi connectivity index (χ0v) is 10.8. The Kier molecular flexibility index (Phi) is 4.41. The normalized spacial score (nSPS) is 11.8. The van der Waals surface area contributed by atoms with Crippen molar-refractivity contribution in [3.05, 3.63) is 68.9 Å². The van der Waals surface area contributed by atoms with Crippen LogP contribution in [0.5, 0.6) is 0 Å². The number of hydrogen-bond donors (Lipinski definition) is 1. The molecule has 0 aliphatic carbocycles. The van der Waals surface area contributed by atoms with Gasteiger partial charge in [-0.15, -0.1) is 0 Å². The second-order valence-corrected chi connectivity index (χ2v) is 3.72. The lowest BCUT2D eigenvalue weighted by atomic mass is 10.4. The van der Waals surface area contributed by atoms with Gasteiger partial charge in [-0.05, 0) is 26.0 Å². The Labute approximate surface area is 109 Å². The van der Waals surface area contributed by atoms with E-state index < -0.39 is 17.1 Å². The smallest absolute Gasteiger partial charge is 0.258 e. The molecule has 0 radical (unpaired) electrons. The Morgan fingerprint density at radius 3 is 2.32 bits per heavy atom. The molecular weight excluding hydrogens is 246 g/mol. The van der Waals surface area contributed by atoms with Crippen LogP contribution in [0.15, 0.2) is 51.8 Å². The Morgan fingerprint density at radius 2 is 1.79 bits per heavy atom. The minimum absolute atomic E-state index is 0.175. The van der Waals surface area contributed by atoms with Gasteiger partial charge in [-0.1, -0.05) is 25.3 Å². The van der Waals surface area contributed by atoms with E-state index in [0.717, 1.165) is 9.13 Å². The van der Waals surface area contributed by atoms with Crippen LogP contribution in [0.1, 0.15) is 13.8 Å². The van der Waals surface area contributed by atoms with Gasteiger partial charge in [0.1, 0.15) is 0 Å². The van der Waals surface area contributed by atoms with Crippen LogP contribution < -0.4 is 17.1 Å². The highest BCUT2D eigenvalue weighted by Crippen LogP contribution is 1.97. The average Bonchev–Trinajstić information content (AvgIpc) is 2.28. The highest BCUT2D eigenvalue weighted by atomic mass is 16.2. The zero-order valence-electron chi connectivity index (χ0n) is 10.8. The van der Waals surface area contributed by atoms with E-state index in [2.05, 4.69) is 18.1 Å². The largest absolute Gasteiger partial charge is 0.345 e. The quantitative estimate of drug-likeness (QED) is 0.814. The maximum Gasteiger partial charge on any atom is 0.345 e. The third-order valence-corrected chi connectivity index (χ3v) is 2.36. The first-order valence-corrected chi connectivity index (χ1v) is 5.54. The molecule has 0 unspecified atom stereocenters. The minimum atomic E-state index is -0.819. The summed E-state index contributed by atoms with van der Waals surface area (Å²) in [5, 5.41) is 0. The number of aromatic nitrogens is 3. The topological polar surface area (TPSA) is 76.9 Å². The highest BCUT2D eigenvalue weighted by molar-refractivity contribution is 5.53. The van der Waals surface area contributed by atoms with Crippen LogP contribution >= 0.6 is 0 Å². The van der Waals surface area contributed by atoms with Crippen molar-refractivity contribution in [3.63, 3.8) is 0 Å². The first-order valence-electron chi connectivity index (χ1n) is 5.54. The fourth-order valence-corrected chi connectivity index (χ4v) is 1.55. The van der Waals surface area contributed by atoms with Gasteiger partial charge < -0.3 is 0 Å². The SMILES string of the molecule is C=C/C=C(\C)n1c(=O)[nH]c(=O)n(C(=C)/C=C\C)c1=O. The molecule has 1 N–H and O–H groups in total. The number of rotatable bonds is 4. The maximum absolute atomic E-state index is 12.2. The molecule has 0 atom stereocenters. The number of allylic oxidation sites excluding steroid dienone is 6. The van der Waals surface area contributed by atoms with Crippen molar-refractivity contribution < 1.29 is 0 Å². The van der Waals surface area contributed by atoms with Crippen LogP contribution in [0.2, 0.25) is 0 Å². The molecule has 6 heteroatoms. The van der Waals surface area contributed by atoms with Gasteiger partial charge >= 0.3 is 17.1 Å². The second-order valence-electron chi connectivity index (χ2n) is 3.72. The summed E-state index contributed by atoms with van der Waals surface area (Å²) < 4.78 is 1.64. The summed E-state index contributed by atoms with van der Waals surface area (Å²) in [5.74, 6) is 0. The van der Waals surface area contributed by atoms with Crippen molar-refractivity contribution in [2.24, 2.45) is 0 Å². The standard InChI is InChI=1S/C13H15N3O3/c1-5-7-9(3)15-11(17)14-12(18)16(13(15)19)10(4)8-6-2/h5-8H,1,4H2,2-3H3,(H,14,17,18)/b8-6-,9-7+. The van der Waals surface area contributed by atoms with Crippen LogP contribution in [0.25, 0.3) is 11.4 Å². The minimum Gasteiger partial charge on any atom is -0.258 e.